The highest BCUT2D eigenvalue weighted by molar-refractivity contribution is 14.1. The maximum Gasteiger partial charge on any atom is 0.165 e. The molecular weight excluding hydrogens is 343 g/mol. The summed E-state index contributed by atoms with van der Waals surface area (Å²) in [6, 6.07) is 7.99. The van der Waals surface area contributed by atoms with E-state index in [-0.39, 0.29) is 12.7 Å². The van der Waals surface area contributed by atoms with Gasteiger partial charge in [-0.3, -0.25) is 0 Å². The van der Waals surface area contributed by atoms with Crippen LogP contribution in [0.3, 0.4) is 0 Å². The molecule has 0 spiro atoms. The third kappa shape index (κ3) is 4.50. The van der Waals surface area contributed by atoms with Crippen LogP contribution in [-0.4, -0.2) is 28.7 Å². The van der Waals surface area contributed by atoms with Crippen LogP contribution in [0.1, 0.15) is 32.3 Å². The van der Waals surface area contributed by atoms with E-state index in [4.69, 9.17) is 4.74 Å². The van der Waals surface area contributed by atoms with Crippen LogP contribution in [0.25, 0.3) is 0 Å². The van der Waals surface area contributed by atoms with Crippen molar-refractivity contribution < 1.29 is 14.9 Å². The topological polar surface area (TPSA) is 49.7 Å². The zero-order valence-corrected chi connectivity index (χ0v) is 13.1. The Morgan fingerprint density at radius 2 is 1.89 bits per heavy atom. The highest BCUT2D eigenvalue weighted by Gasteiger charge is 2.27. The monoisotopic (exact) mass is 364 g/mol. The normalized spacial score (nSPS) is 13.6. The van der Waals surface area contributed by atoms with Crippen molar-refractivity contribution in [3.63, 3.8) is 0 Å². The van der Waals surface area contributed by atoms with E-state index in [9.17, 15) is 10.2 Å². The minimum absolute atomic E-state index is 0.0900. The molecule has 1 rings (SSSR count). The summed E-state index contributed by atoms with van der Waals surface area (Å²) in [6.45, 7) is 3.67. The third-order valence-electron chi connectivity index (χ3n) is 3.10. The number of aliphatic hydroxyl groups is 2. The zero-order chi connectivity index (χ0) is 13.6. The molecule has 0 fully saturated rings. The maximum atomic E-state index is 10.1. The van der Waals surface area contributed by atoms with Gasteiger partial charge in [0, 0.05) is 9.99 Å². The van der Waals surface area contributed by atoms with E-state index in [0.717, 1.165) is 9.13 Å². The Bertz CT molecular complexity index is 364. The van der Waals surface area contributed by atoms with E-state index in [2.05, 4.69) is 22.6 Å². The fourth-order valence-electron chi connectivity index (χ4n) is 1.78. The van der Waals surface area contributed by atoms with Gasteiger partial charge in [-0.1, -0.05) is 32.0 Å². The SMILES string of the molecule is CCC(O)(CC)O[C@@H](CO)Cc1ccccc1I. The fraction of sp³-hybridized carbons (Fsp3) is 0.571. The fourth-order valence-corrected chi connectivity index (χ4v) is 2.39. The molecule has 0 aliphatic carbocycles. The van der Waals surface area contributed by atoms with Gasteiger partial charge in [-0.05, 0) is 47.1 Å². The highest BCUT2D eigenvalue weighted by Crippen LogP contribution is 2.22. The number of hydrogen-bond donors (Lipinski definition) is 2. The molecule has 0 aliphatic rings. The average Bonchev–Trinajstić information content (AvgIpc) is 2.40. The van der Waals surface area contributed by atoms with Gasteiger partial charge in [0.05, 0.1) is 12.7 Å². The number of ether oxygens (including phenoxy) is 1. The minimum atomic E-state index is -1.13. The Kier molecular flexibility index (Phi) is 6.55. The highest BCUT2D eigenvalue weighted by atomic mass is 127. The van der Waals surface area contributed by atoms with Crippen LogP contribution < -0.4 is 0 Å². The molecular formula is C14H21IO3. The lowest BCUT2D eigenvalue weighted by Crippen LogP contribution is -2.38. The lowest BCUT2D eigenvalue weighted by Gasteiger charge is -2.30. The van der Waals surface area contributed by atoms with Crippen molar-refractivity contribution >= 4 is 22.6 Å². The summed E-state index contributed by atoms with van der Waals surface area (Å²) in [5.74, 6) is -1.13. The molecule has 1 atom stereocenters. The van der Waals surface area contributed by atoms with Crippen LogP contribution in [-0.2, 0) is 11.2 Å². The Labute approximate surface area is 122 Å². The van der Waals surface area contributed by atoms with Gasteiger partial charge >= 0.3 is 0 Å². The van der Waals surface area contributed by atoms with E-state index in [1.807, 2.05) is 38.1 Å². The van der Waals surface area contributed by atoms with Crippen molar-refractivity contribution in [1.82, 2.24) is 0 Å². The summed E-state index contributed by atoms with van der Waals surface area (Å²) in [6.07, 6.45) is 1.28. The number of aliphatic hydroxyl groups excluding tert-OH is 1. The Balaban J connectivity index is 2.71. The quantitative estimate of drug-likeness (QED) is 0.578. The molecule has 0 aromatic heterocycles. The van der Waals surface area contributed by atoms with Crippen molar-refractivity contribution in [3.05, 3.63) is 33.4 Å². The van der Waals surface area contributed by atoms with Gasteiger partial charge in [-0.25, -0.2) is 0 Å². The van der Waals surface area contributed by atoms with E-state index in [1.54, 1.807) is 0 Å². The first-order chi connectivity index (χ1) is 8.54. The van der Waals surface area contributed by atoms with E-state index >= 15 is 0 Å². The van der Waals surface area contributed by atoms with Crippen LogP contribution in [0, 0.1) is 3.57 Å². The molecule has 0 saturated heterocycles. The third-order valence-corrected chi connectivity index (χ3v) is 4.15. The summed E-state index contributed by atoms with van der Waals surface area (Å²) < 4.78 is 6.79. The smallest absolute Gasteiger partial charge is 0.165 e. The minimum Gasteiger partial charge on any atom is -0.394 e. The molecule has 0 saturated carbocycles. The lowest BCUT2D eigenvalue weighted by molar-refractivity contribution is -0.238. The molecule has 0 heterocycles. The van der Waals surface area contributed by atoms with E-state index in [1.165, 1.54) is 0 Å². The van der Waals surface area contributed by atoms with Crippen LogP contribution in [0.5, 0.6) is 0 Å². The Morgan fingerprint density at radius 3 is 2.39 bits per heavy atom. The molecule has 4 heteroatoms. The molecule has 0 amide bonds. The van der Waals surface area contributed by atoms with Crippen LogP contribution in [0.4, 0.5) is 0 Å². The van der Waals surface area contributed by atoms with Gasteiger partial charge in [0.1, 0.15) is 0 Å². The summed E-state index contributed by atoms with van der Waals surface area (Å²) in [5.41, 5.74) is 1.13. The predicted octanol–water partition coefficient (Wildman–Crippen LogP) is 2.72. The van der Waals surface area contributed by atoms with Gasteiger partial charge in [0.25, 0.3) is 0 Å². The van der Waals surface area contributed by atoms with E-state index < -0.39 is 5.79 Å². The summed E-state index contributed by atoms with van der Waals surface area (Å²) in [7, 11) is 0. The summed E-state index contributed by atoms with van der Waals surface area (Å²) >= 11 is 2.27. The summed E-state index contributed by atoms with van der Waals surface area (Å²) in [4.78, 5) is 0. The first kappa shape index (κ1) is 15.9. The van der Waals surface area contributed by atoms with E-state index in [0.29, 0.717) is 19.3 Å². The van der Waals surface area contributed by atoms with Crippen molar-refractivity contribution in [2.75, 3.05) is 6.61 Å². The molecule has 0 unspecified atom stereocenters. The molecule has 3 nitrogen and oxygen atoms in total. The molecule has 1 aromatic carbocycles. The number of halogens is 1. The largest absolute Gasteiger partial charge is 0.394 e. The molecule has 0 radical (unpaired) electrons. The Hall–Kier alpha value is -0.170. The number of benzene rings is 1. The van der Waals surface area contributed by atoms with Crippen molar-refractivity contribution in [2.24, 2.45) is 0 Å². The maximum absolute atomic E-state index is 10.1. The molecule has 0 bridgehead atoms. The molecule has 18 heavy (non-hydrogen) atoms. The average molecular weight is 364 g/mol. The molecule has 102 valence electrons. The number of hydrogen-bond acceptors (Lipinski definition) is 3. The first-order valence-corrected chi connectivity index (χ1v) is 7.37. The van der Waals surface area contributed by atoms with Crippen LogP contribution in [0.2, 0.25) is 0 Å². The molecule has 1 aromatic rings. The van der Waals surface area contributed by atoms with Gasteiger partial charge < -0.3 is 14.9 Å². The second-order valence-corrected chi connectivity index (χ2v) is 5.53. The van der Waals surface area contributed by atoms with Gasteiger partial charge in [0.15, 0.2) is 5.79 Å². The molecule has 0 aliphatic heterocycles. The van der Waals surface area contributed by atoms with Crippen molar-refractivity contribution in [3.8, 4) is 0 Å². The number of rotatable bonds is 7. The molecule has 2 N–H and O–H groups in total. The standard InChI is InChI=1S/C14H21IO3/c1-3-14(17,4-2)18-12(10-16)9-11-7-5-6-8-13(11)15/h5-8,12,16-17H,3-4,9-10H2,1-2H3/t12-/m1/s1. The van der Waals surface area contributed by atoms with Crippen molar-refractivity contribution in [1.29, 1.82) is 0 Å². The Morgan fingerprint density at radius 1 is 1.28 bits per heavy atom. The summed E-state index contributed by atoms with van der Waals surface area (Å²) in [5, 5.41) is 19.5. The van der Waals surface area contributed by atoms with Crippen LogP contribution >= 0.6 is 22.6 Å². The van der Waals surface area contributed by atoms with Gasteiger partial charge in [0.2, 0.25) is 0 Å². The van der Waals surface area contributed by atoms with Crippen molar-refractivity contribution in [2.45, 2.75) is 45.0 Å². The first-order valence-electron chi connectivity index (χ1n) is 6.29. The second-order valence-electron chi connectivity index (χ2n) is 4.37. The zero-order valence-electron chi connectivity index (χ0n) is 10.9. The second kappa shape index (κ2) is 7.43. The predicted molar refractivity (Wildman–Crippen MR) is 80.4 cm³/mol. The van der Waals surface area contributed by atoms with Gasteiger partial charge in [-0.15, -0.1) is 0 Å². The van der Waals surface area contributed by atoms with Gasteiger partial charge in [-0.2, -0.15) is 0 Å². The van der Waals surface area contributed by atoms with Crippen LogP contribution in [0.15, 0.2) is 24.3 Å². The lowest BCUT2D eigenvalue weighted by atomic mass is 10.1.